The van der Waals surface area contributed by atoms with Crippen LogP contribution in [0.4, 0.5) is 4.39 Å². The Morgan fingerprint density at radius 1 is 1.29 bits per heavy atom. The van der Waals surface area contributed by atoms with Crippen molar-refractivity contribution in [2.24, 2.45) is 11.7 Å². The van der Waals surface area contributed by atoms with Gasteiger partial charge in [-0.05, 0) is 43.0 Å². The molecule has 0 aliphatic carbocycles. The maximum Gasteiger partial charge on any atom is 0.234 e. The summed E-state index contributed by atoms with van der Waals surface area (Å²) in [4.78, 5) is 25.8. The number of nitrogens with two attached hydrogens (primary N) is 1. The molecule has 0 aromatic heterocycles. The lowest BCUT2D eigenvalue weighted by Gasteiger charge is -2.33. The van der Waals surface area contributed by atoms with Crippen LogP contribution in [0.15, 0.2) is 24.3 Å². The predicted molar refractivity (Wildman–Crippen MR) is 90.5 cm³/mol. The molecule has 0 saturated carbocycles. The summed E-state index contributed by atoms with van der Waals surface area (Å²) in [5, 5.41) is 3.00. The summed E-state index contributed by atoms with van der Waals surface area (Å²) in [6.45, 7) is 4.85. The summed E-state index contributed by atoms with van der Waals surface area (Å²) in [6.07, 6.45) is 2.62. The molecule has 0 radical (unpaired) electrons. The van der Waals surface area contributed by atoms with Crippen molar-refractivity contribution in [2.45, 2.75) is 45.2 Å². The van der Waals surface area contributed by atoms with Gasteiger partial charge in [-0.1, -0.05) is 32.4 Å². The number of nitrogens with one attached hydrogen (secondary N) is 1. The number of rotatable bonds is 6. The Balaban J connectivity index is 2.02. The minimum atomic E-state index is -0.374. The highest BCUT2D eigenvalue weighted by Crippen LogP contribution is 2.22. The van der Waals surface area contributed by atoms with Crippen LogP contribution < -0.4 is 11.1 Å². The molecule has 5 nitrogen and oxygen atoms in total. The molecule has 1 aliphatic heterocycles. The van der Waals surface area contributed by atoms with Crippen LogP contribution in [0.5, 0.6) is 0 Å². The normalized spacial score (nSPS) is 19.9. The standard InChI is InChI=1S/C18H26FN3O2/c1-12(2)17(13-6-8-14(19)9-7-13)21-16(23)11-22-10-4-3-5-15(22)18(20)24/h6-9,12,15,17H,3-5,10-11H2,1-2H3,(H2,20,24)(H,21,23). The molecule has 1 aromatic carbocycles. The number of carbonyl (C=O) groups excluding carboxylic acids is 2. The molecule has 1 aromatic rings. The summed E-state index contributed by atoms with van der Waals surface area (Å²) in [7, 11) is 0. The van der Waals surface area contributed by atoms with Gasteiger partial charge in [-0.25, -0.2) is 4.39 Å². The smallest absolute Gasteiger partial charge is 0.234 e. The number of nitrogens with zero attached hydrogens (tertiary/aromatic N) is 1. The Morgan fingerprint density at radius 3 is 2.54 bits per heavy atom. The van der Waals surface area contributed by atoms with E-state index in [0.717, 1.165) is 18.4 Å². The SMILES string of the molecule is CC(C)C(NC(=O)CN1CCCCC1C(N)=O)c1ccc(F)cc1. The minimum absolute atomic E-state index is 0.147. The molecular weight excluding hydrogens is 309 g/mol. The van der Waals surface area contributed by atoms with Crippen LogP contribution in [0.2, 0.25) is 0 Å². The molecule has 1 aliphatic rings. The van der Waals surface area contributed by atoms with Gasteiger partial charge in [-0.2, -0.15) is 0 Å². The zero-order valence-electron chi connectivity index (χ0n) is 14.3. The van der Waals surface area contributed by atoms with Gasteiger partial charge in [0.15, 0.2) is 0 Å². The van der Waals surface area contributed by atoms with E-state index in [1.165, 1.54) is 12.1 Å². The molecule has 1 saturated heterocycles. The number of primary amides is 1. The fourth-order valence-corrected chi connectivity index (χ4v) is 3.21. The first-order valence-corrected chi connectivity index (χ1v) is 8.46. The Kier molecular flexibility index (Phi) is 6.31. The fourth-order valence-electron chi connectivity index (χ4n) is 3.21. The second-order valence-corrected chi connectivity index (χ2v) is 6.73. The second kappa shape index (κ2) is 8.24. The van der Waals surface area contributed by atoms with Gasteiger partial charge >= 0.3 is 0 Å². The summed E-state index contributed by atoms with van der Waals surface area (Å²) in [6, 6.07) is 5.60. The van der Waals surface area contributed by atoms with E-state index >= 15 is 0 Å². The van der Waals surface area contributed by atoms with E-state index in [9.17, 15) is 14.0 Å². The number of benzene rings is 1. The topological polar surface area (TPSA) is 75.4 Å². The van der Waals surface area contributed by atoms with Crippen LogP contribution in [0, 0.1) is 11.7 Å². The van der Waals surface area contributed by atoms with Gasteiger partial charge in [0, 0.05) is 0 Å². The largest absolute Gasteiger partial charge is 0.368 e. The number of piperidine rings is 1. The molecule has 0 spiro atoms. The van der Waals surface area contributed by atoms with Crippen molar-refractivity contribution in [3.63, 3.8) is 0 Å². The van der Waals surface area contributed by atoms with Gasteiger partial charge in [-0.15, -0.1) is 0 Å². The van der Waals surface area contributed by atoms with Gasteiger partial charge < -0.3 is 11.1 Å². The summed E-state index contributed by atoms with van der Waals surface area (Å²) in [5.74, 6) is -0.662. The third-order valence-corrected chi connectivity index (χ3v) is 4.50. The Labute approximate surface area is 142 Å². The lowest BCUT2D eigenvalue weighted by molar-refractivity contribution is -0.128. The predicted octanol–water partition coefficient (Wildman–Crippen LogP) is 1.98. The fraction of sp³-hybridized carbons (Fsp3) is 0.556. The summed E-state index contributed by atoms with van der Waals surface area (Å²) >= 11 is 0. The van der Waals surface area contributed by atoms with Crippen molar-refractivity contribution in [1.82, 2.24) is 10.2 Å². The Bertz CT molecular complexity index is 574. The van der Waals surface area contributed by atoms with E-state index in [1.807, 2.05) is 18.7 Å². The molecule has 2 atom stereocenters. The van der Waals surface area contributed by atoms with Gasteiger partial charge in [0.05, 0.1) is 18.6 Å². The number of hydrogen-bond donors (Lipinski definition) is 2. The molecule has 2 unspecified atom stereocenters. The zero-order valence-corrected chi connectivity index (χ0v) is 14.3. The van der Waals surface area contributed by atoms with Crippen molar-refractivity contribution >= 4 is 11.8 Å². The first kappa shape index (κ1) is 18.4. The summed E-state index contributed by atoms with van der Waals surface area (Å²) < 4.78 is 13.1. The maximum atomic E-state index is 13.1. The lowest BCUT2D eigenvalue weighted by Crippen LogP contribution is -2.51. The number of halogens is 1. The monoisotopic (exact) mass is 335 g/mol. The third-order valence-electron chi connectivity index (χ3n) is 4.50. The number of hydrogen-bond acceptors (Lipinski definition) is 3. The molecule has 2 amide bonds. The lowest BCUT2D eigenvalue weighted by atomic mass is 9.96. The summed E-state index contributed by atoms with van der Waals surface area (Å²) in [5.41, 5.74) is 6.31. The number of likely N-dealkylation sites (tertiary alicyclic amines) is 1. The van der Waals surface area contributed by atoms with E-state index in [2.05, 4.69) is 5.32 Å². The van der Waals surface area contributed by atoms with Crippen LogP contribution in [0.25, 0.3) is 0 Å². The van der Waals surface area contributed by atoms with Crippen molar-refractivity contribution in [2.75, 3.05) is 13.1 Å². The maximum absolute atomic E-state index is 13.1. The highest BCUT2D eigenvalue weighted by molar-refractivity contribution is 5.82. The van der Waals surface area contributed by atoms with Crippen molar-refractivity contribution < 1.29 is 14.0 Å². The molecule has 6 heteroatoms. The van der Waals surface area contributed by atoms with E-state index < -0.39 is 0 Å². The second-order valence-electron chi connectivity index (χ2n) is 6.73. The molecule has 1 fully saturated rings. The molecule has 2 rings (SSSR count). The van der Waals surface area contributed by atoms with Crippen LogP contribution >= 0.6 is 0 Å². The van der Waals surface area contributed by atoms with E-state index in [-0.39, 0.29) is 42.2 Å². The third kappa shape index (κ3) is 4.77. The van der Waals surface area contributed by atoms with Gasteiger partial charge in [0.1, 0.15) is 5.82 Å². The number of amides is 2. The highest BCUT2D eigenvalue weighted by atomic mass is 19.1. The molecule has 132 valence electrons. The van der Waals surface area contributed by atoms with Crippen molar-refractivity contribution in [3.8, 4) is 0 Å². The van der Waals surface area contributed by atoms with Crippen molar-refractivity contribution in [1.29, 1.82) is 0 Å². The van der Waals surface area contributed by atoms with E-state index in [4.69, 9.17) is 5.73 Å². The Hall–Kier alpha value is -1.95. The highest BCUT2D eigenvalue weighted by Gasteiger charge is 2.29. The van der Waals surface area contributed by atoms with Crippen LogP contribution in [0.1, 0.15) is 44.7 Å². The van der Waals surface area contributed by atoms with Gasteiger partial charge in [0.25, 0.3) is 0 Å². The molecule has 24 heavy (non-hydrogen) atoms. The average molecular weight is 335 g/mol. The Morgan fingerprint density at radius 2 is 1.96 bits per heavy atom. The first-order valence-electron chi connectivity index (χ1n) is 8.46. The number of carbonyl (C=O) groups is 2. The van der Waals surface area contributed by atoms with Crippen molar-refractivity contribution in [3.05, 3.63) is 35.6 Å². The van der Waals surface area contributed by atoms with Crippen LogP contribution in [0.3, 0.4) is 0 Å². The molecule has 3 N–H and O–H groups in total. The van der Waals surface area contributed by atoms with Crippen LogP contribution in [-0.4, -0.2) is 35.8 Å². The van der Waals surface area contributed by atoms with Crippen LogP contribution in [-0.2, 0) is 9.59 Å². The average Bonchev–Trinajstić information content (AvgIpc) is 2.53. The van der Waals surface area contributed by atoms with Gasteiger partial charge in [-0.3, -0.25) is 14.5 Å². The minimum Gasteiger partial charge on any atom is -0.368 e. The zero-order chi connectivity index (χ0) is 17.7. The van der Waals surface area contributed by atoms with Gasteiger partial charge in [0.2, 0.25) is 11.8 Å². The quantitative estimate of drug-likeness (QED) is 0.835. The van der Waals surface area contributed by atoms with E-state index in [0.29, 0.717) is 13.0 Å². The first-order chi connectivity index (χ1) is 11.4. The molecule has 0 bridgehead atoms. The molecule has 1 heterocycles. The van der Waals surface area contributed by atoms with E-state index in [1.54, 1.807) is 12.1 Å². The molecular formula is C18H26FN3O2.